The third-order valence-electron chi connectivity index (χ3n) is 7.66. The Labute approximate surface area is 246 Å². The van der Waals surface area contributed by atoms with Crippen molar-refractivity contribution in [3.05, 3.63) is 89.5 Å². The van der Waals surface area contributed by atoms with Gasteiger partial charge in [0.25, 0.3) is 0 Å². The van der Waals surface area contributed by atoms with E-state index in [4.69, 9.17) is 4.98 Å². The molecular weight excluding hydrogens is 564 g/mol. The number of nitrogens with zero attached hydrogens (tertiary/aromatic N) is 5. The molecular formula is C31H32F4N6O2. The Morgan fingerprint density at radius 2 is 1.88 bits per heavy atom. The number of alkyl halides is 3. The predicted molar refractivity (Wildman–Crippen MR) is 156 cm³/mol. The van der Waals surface area contributed by atoms with Gasteiger partial charge in [0, 0.05) is 19.6 Å². The Hall–Kier alpha value is -4.48. The molecule has 0 saturated heterocycles. The van der Waals surface area contributed by atoms with Crippen molar-refractivity contribution in [3.63, 3.8) is 0 Å². The zero-order valence-corrected chi connectivity index (χ0v) is 23.4. The number of carboxylic acid groups (broad SMARTS) is 1. The first-order chi connectivity index (χ1) is 20.6. The van der Waals surface area contributed by atoms with Gasteiger partial charge < -0.3 is 19.9 Å². The van der Waals surface area contributed by atoms with Crippen LogP contribution in [0.4, 0.5) is 29.3 Å². The molecule has 4 aromatic rings. The Morgan fingerprint density at radius 3 is 2.51 bits per heavy atom. The minimum atomic E-state index is -4.47. The Balaban J connectivity index is 1.58. The summed E-state index contributed by atoms with van der Waals surface area (Å²) in [5, 5.41) is 13.0. The Bertz CT molecular complexity index is 1600. The van der Waals surface area contributed by atoms with Gasteiger partial charge in [0.2, 0.25) is 11.8 Å². The number of hydrogen-bond acceptors (Lipinski definition) is 6. The maximum atomic E-state index is 13.8. The molecule has 0 amide bonds. The fourth-order valence-corrected chi connectivity index (χ4v) is 5.18. The average molecular weight is 597 g/mol. The molecule has 1 saturated carbocycles. The van der Waals surface area contributed by atoms with Gasteiger partial charge in [-0.05, 0) is 54.2 Å². The number of anilines is 2. The highest BCUT2D eigenvalue weighted by Crippen LogP contribution is 2.32. The number of aromatic nitrogens is 4. The molecule has 2 N–H and O–H groups in total. The van der Waals surface area contributed by atoms with Crippen molar-refractivity contribution in [1.82, 2.24) is 19.5 Å². The molecule has 1 aliphatic carbocycles. The second-order valence-corrected chi connectivity index (χ2v) is 10.7. The first-order valence-electron chi connectivity index (χ1n) is 14.1. The minimum absolute atomic E-state index is 0.116. The summed E-state index contributed by atoms with van der Waals surface area (Å²) in [4.78, 5) is 27.0. The zero-order chi connectivity index (χ0) is 30.6. The summed E-state index contributed by atoms with van der Waals surface area (Å²) in [5.74, 6) is -0.781. The molecule has 12 heteroatoms. The van der Waals surface area contributed by atoms with E-state index in [-0.39, 0.29) is 23.8 Å². The van der Waals surface area contributed by atoms with E-state index in [1.807, 2.05) is 11.0 Å². The van der Waals surface area contributed by atoms with Crippen LogP contribution in [-0.2, 0) is 19.1 Å². The van der Waals surface area contributed by atoms with Crippen LogP contribution in [0.25, 0.3) is 11.2 Å². The largest absolute Gasteiger partial charge is 0.475 e. The minimum Gasteiger partial charge on any atom is -0.475 e. The van der Waals surface area contributed by atoms with Crippen molar-refractivity contribution in [3.8, 4) is 0 Å². The molecule has 43 heavy (non-hydrogen) atoms. The van der Waals surface area contributed by atoms with Crippen LogP contribution in [-0.4, -0.2) is 50.2 Å². The molecule has 0 radical (unpaired) electrons. The molecule has 1 fully saturated rings. The first kappa shape index (κ1) is 30.0. The van der Waals surface area contributed by atoms with Crippen LogP contribution in [0.5, 0.6) is 0 Å². The van der Waals surface area contributed by atoms with E-state index in [9.17, 15) is 27.5 Å². The summed E-state index contributed by atoms with van der Waals surface area (Å²) in [6.07, 6.45) is 2.07. The smallest absolute Gasteiger partial charge is 0.416 e. The first-order valence-corrected chi connectivity index (χ1v) is 14.1. The van der Waals surface area contributed by atoms with Crippen LogP contribution in [0.3, 0.4) is 0 Å². The third kappa shape index (κ3) is 7.12. The number of imidazole rings is 1. The van der Waals surface area contributed by atoms with Crippen LogP contribution in [0.2, 0.25) is 0 Å². The van der Waals surface area contributed by atoms with Crippen molar-refractivity contribution in [2.75, 3.05) is 29.9 Å². The number of benzene rings is 2. The predicted octanol–water partition coefficient (Wildman–Crippen LogP) is 6.57. The van der Waals surface area contributed by atoms with E-state index in [1.54, 1.807) is 16.7 Å². The van der Waals surface area contributed by atoms with Crippen molar-refractivity contribution in [1.29, 1.82) is 0 Å². The summed E-state index contributed by atoms with van der Waals surface area (Å²) < 4.78 is 55.4. The molecule has 1 aliphatic rings. The molecule has 2 aromatic heterocycles. The topological polar surface area (TPSA) is 96.2 Å². The van der Waals surface area contributed by atoms with E-state index < -0.39 is 23.5 Å². The number of rotatable bonds is 13. The van der Waals surface area contributed by atoms with Gasteiger partial charge in [-0.3, -0.25) is 0 Å². The van der Waals surface area contributed by atoms with Crippen LogP contribution >= 0.6 is 0 Å². The molecule has 5 rings (SSSR count). The number of nitrogens with one attached hydrogen (secondary N) is 1. The van der Waals surface area contributed by atoms with Crippen LogP contribution in [0, 0.1) is 11.7 Å². The fraction of sp³-hybridized carbons (Fsp3) is 0.355. The number of carboxylic acids is 1. The highest BCUT2D eigenvalue weighted by Gasteiger charge is 2.30. The highest BCUT2D eigenvalue weighted by molar-refractivity contribution is 5.91. The van der Waals surface area contributed by atoms with Gasteiger partial charge in [0.15, 0.2) is 11.5 Å². The highest BCUT2D eigenvalue weighted by atomic mass is 19.4. The molecule has 8 nitrogen and oxygen atoms in total. The molecule has 2 aromatic carbocycles. The van der Waals surface area contributed by atoms with Gasteiger partial charge in [0.05, 0.1) is 12.1 Å². The fourth-order valence-electron chi connectivity index (χ4n) is 5.18. The maximum absolute atomic E-state index is 13.8. The van der Waals surface area contributed by atoms with Crippen LogP contribution in [0.15, 0.2) is 61.2 Å². The summed E-state index contributed by atoms with van der Waals surface area (Å²) in [5.41, 5.74) is 1.16. The lowest BCUT2D eigenvalue weighted by Gasteiger charge is -2.25. The second-order valence-electron chi connectivity index (χ2n) is 10.7. The van der Waals surface area contributed by atoms with E-state index in [0.29, 0.717) is 49.0 Å². The van der Waals surface area contributed by atoms with Crippen LogP contribution < -0.4 is 10.2 Å². The van der Waals surface area contributed by atoms with E-state index in [2.05, 4.69) is 21.9 Å². The molecule has 0 aliphatic heterocycles. The Kier molecular flexibility index (Phi) is 8.93. The monoisotopic (exact) mass is 596 g/mol. The van der Waals surface area contributed by atoms with Gasteiger partial charge in [-0.2, -0.15) is 18.2 Å². The number of hydrogen-bond donors (Lipinski definition) is 2. The third-order valence-corrected chi connectivity index (χ3v) is 7.66. The van der Waals surface area contributed by atoms with Gasteiger partial charge in [-0.15, -0.1) is 6.58 Å². The van der Waals surface area contributed by atoms with Crippen molar-refractivity contribution in [2.24, 2.45) is 5.92 Å². The summed E-state index contributed by atoms with van der Waals surface area (Å²) in [6.45, 7) is 5.28. The van der Waals surface area contributed by atoms with Crippen LogP contribution in [0.1, 0.15) is 53.0 Å². The molecule has 0 atom stereocenters. The summed E-state index contributed by atoms with van der Waals surface area (Å²) >= 11 is 0. The lowest BCUT2D eigenvalue weighted by Crippen LogP contribution is -2.29. The number of fused-ring (bicyclic) bond motifs is 1. The lowest BCUT2D eigenvalue weighted by molar-refractivity contribution is -0.137. The number of carbonyl (C=O) groups is 1. The second kappa shape index (κ2) is 12.8. The quantitative estimate of drug-likeness (QED) is 0.133. The van der Waals surface area contributed by atoms with Gasteiger partial charge in [-0.1, -0.05) is 49.6 Å². The van der Waals surface area contributed by atoms with E-state index in [1.165, 1.54) is 30.7 Å². The van der Waals surface area contributed by atoms with Gasteiger partial charge in [0.1, 0.15) is 11.3 Å². The average Bonchev–Trinajstić information content (AvgIpc) is 3.30. The SMILES string of the molecule is C=CCN(CCc1cccc(F)c1)c1nc2nc(C(=O)O)nc(NCCC3CCC3)c2n1Cc1ccc(C(F)(F)F)cc1. The zero-order valence-electron chi connectivity index (χ0n) is 23.4. The van der Waals surface area contributed by atoms with Crippen molar-refractivity contribution >= 4 is 28.9 Å². The molecule has 0 unspecified atom stereocenters. The van der Waals surface area contributed by atoms with Crippen molar-refractivity contribution < 1.29 is 27.5 Å². The summed E-state index contributed by atoms with van der Waals surface area (Å²) in [7, 11) is 0. The normalized spacial score (nSPS) is 13.6. The van der Waals surface area contributed by atoms with E-state index >= 15 is 0 Å². The summed E-state index contributed by atoms with van der Waals surface area (Å²) in [6, 6.07) is 11.1. The standard InChI is InChI=1S/C31H32F4N6O2/c1-2-16-40(17-14-21-7-4-8-24(32)18-21)30-39-27-25(41(30)19-22-9-11-23(12-10-22)31(33,34)35)26(37-28(38-27)29(42)43)36-15-13-20-5-3-6-20/h2,4,7-12,18,20H,1,3,5-6,13-17,19H2,(H,42,43)(H,36,37,38). The van der Waals surface area contributed by atoms with E-state index in [0.717, 1.165) is 37.0 Å². The maximum Gasteiger partial charge on any atom is 0.416 e. The molecule has 0 bridgehead atoms. The molecule has 2 heterocycles. The molecule has 0 spiro atoms. The number of aromatic carboxylic acids is 1. The Morgan fingerprint density at radius 1 is 1.12 bits per heavy atom. The van der Waals surface area contributed by atoms with Gasteiger partial charge >= 0.3 is 12.1 Å². The van der Waals surface area contributed by atoms with Crippen molar-refractivity contribution in [2.45, 2.75) is 44.8 Å². The molecule has 226 valence electrons. The lowest BCUT2D eigenvalue weighted by atomic mass is 9.83. The van der Waals surface area contributed by atoms with Gasteiger partial charge in [-0.25, -0.2) is 19.2 Å². The number of halogens is 4.